The summed E-state index contributed by atoms with van der Waals surface area (Å²) in [7, 11) is 0. The molecule has 1 saturated heterocycles. The lowest BCUT2D eigenvalue weighted by Gasteiger charge is -2.45. The van der Waals surface area contributed by atoms with Crippen LogP contribution >= 0.6 is 0 Å². The first kappa shape index (κ1) is 22.1. The Balaban J connectivity index is 1.54. The maximum absolute atomic E-state index is 10.9. The van der Waals surface area contributed by atoms with Gasteiger partial charge >= 0.3 is 0 Å². The van der Waals surface area contributed by atoms with Crippen molar-refractivity contribution in [3.05, 3.63) is 12.3 Å². The number of aliphatic hydroxyl groups excluding tert-OH is 2. The average molecular weight is 395 g/mol. The normalized spacial score (nSPS) is 41.5. The molecule has 7 atom stereocenters. The van der Waals surface area contributed by atoms with E-state index in [4.69, 9.17) is 9.47 Å². The highest BCUT2D eigenvalue weighted by atomic mass is 16.6. The predicted octanol–water partition coefficient (Wildman–Crippen LogP) is 5.46. The number of fused-ring (bicyclic) bond motifs is 1. The summed E-state index contributed by atoms with van der Waals surface area (Å²) in [4.78, 5) is 0. The minimum absolute atomic E-state index is 0.143. The molecule has 3 fully saturated rings. The molecule has 0 amide bonds. The van der Waals surface area contributed by atoms with E-state index in [2.05, 4.69) is 27.4 Å². The van der Waals surface area contributed by atoms with Crippen LogP contribution in [0.3, 0.4) is 0 Å². The van der Waals surface area contributed by atoms with E-state index >= 15 is 0 Å². The molecule has 3 rings (SSSR count). The molecule has 3 aliphatic rings. The highest BCUT2D eigenvalue weighted by Crippen LogP contribution is 2.47. The van der Waals surface area contributed by atoms with E-state index < -0.39 is 6.29 Å². The number of hydrogen-bond donors (Lipinski definition) is 2. The molecule has 0 radical (unpaired) electrons. The van der Waals surface area contributed by atoms with Gasteiger partial charge in [-0.05, 0) is 81.5 Å². The molecule has 4 nitrogen and oxygen atoms in total. The molecule has 2 aliphatic carbocycles. The summed E-state index contributed by atoms with van der Waals surface area (Å²) in [6.07, 6.45) is 9.40. The van der Waals surface area contributed by atoms with Crippen LogP contribution in [0, 0.1) is 35.5 Å². The maximum atomic E-state index is 10.9. The van der Waals surface area contributed by atoms with Crippen molar-refractivity contribution in [1.82, 2.24) is 0 Å². The second kappa shape index (κ2) is 9.95. The molecule has 0 spiro atoms. The molecule has 2 N–H and O–H groups in total. The van der Waals surface area contributed by atoms with E-state index in [1.54, 1.807) is 0 Å². The summed E-state index contributed by atoms with van der Waals surface area (Å²) in [5.74, 6) is 3.46. The second-order valence-electron chi connectivity index (χ2n) is 10.1. The standard InChI is InChI=1S/C24H42O4/c1-15-5-11-22(23-14-27-17(3)6-12-21(15)23)18(4)24(26)28-20-9-7-19(8-10-20)13-16(2)25/h15,17-26H,2,5-14H2,1,3-4H3/t15-,17?,18-,19?,20?,21+,22+,23?,24?/m1/s1. The number of allylic oxidation sites excluding steroid dienone is 1. The van der Waals surface area contributed by atoms with Crippen LogP contribution < -0.4 is 0 Å². The smallest absolute Gasteiger partial charge is 0.157 e. The van der Waals surface area contributed by atoms with Gasteiger partial charge in [0.2, 0.25) is 0 Å². The van der Waals surface area contributed by atoms with Crippen molar-refractivity contribution < 1.29 is 19.7 Å². The van der Waals surface area contributed by atoms with Crippen LogP contribution in [0.1, 0.15) is 78.6 Å². The summed E-state index contributed by atoms with van der Waals surface area (Å²) in [6.45, 7) is 11.2. The third-order valence-corrected chi connectivity index (χ3v) is 8.04. The monoisotopic (exact) mass is 394 g/mol. The average Bonchev–Trinajstić information content (AvgIpc) is 2.85. The molecule has 2 saturated carbocycles. The molecule has 0 aromatic heterocycles. The van der Waals surface area contributed by atoms with E-state index in [-0.39, 0.29) is 12.0 Å². The van der Waals surface area contributed by atoms with Gasteiger partial charge in [0.05, 0.1) is 24.6 Å². The Morgan fingerprint density at radius 2 is 1.75 bits per heavy atom. The van der Waals surface area contributed by atoms with Gasteiger partial charge in [-0.15, -0.1) is 0 Å². The molecular formula is C24H42O4. The first-order valence-electron chi connectivity index (χ1n) is 11.7. The number of hydrogen-bond acceptors (Lipinski definition) is 4. The molecule has 4 heteroatoms. The predicted molar refractivity (Wildman–Crippen MR) is 112 cm³/mol. The van der Waals surface area contributed by atoms with Crippen molar-refractivity contribution in [2.45, 2.75) is 97.1 Å². The van der Waals surface area contributed by atoms with E-state index in [1.807, 2.05) is 0 Å². The molecule has 1 aliphatic heterocycles. The summed E-state index contributed by atoms with van der Waals surface area (Å²) < 4.78 is 12.3. The van der Waals surface area contributed by atoms with Crippen molar-refractivity contribution in [2.24, 2.45) is 35.5 Å². The molecule has 0 bridgehead atoms. The van der Waals surface area contributed by atoms with Gasteiger partial charge in [-0.25, -0.2) is 0 Å². The van der Waals surface area contributed by atoms with Gasteiger partial charge in [0.15, 0.2) is 6.29 Å². The van der Waals surface area contributed by atoms with Gasteiger partial charge in [0.25, 0.3) is 0 Å². The second-order valence-corrected chi connectivity index (χ2v) is 10.1. The van der Waals surface area contributed by atoms with Gasteiger partial charge in [-0.2, -0.15) is 0 Å². The number of aliphatic hydroxyl groups is 2. The fraction of sp³-hybridized carbons (Fsp3) is 0.917. The summed E-state index contributed by atoms with van der Waals surface area (Å²) in [6, 6.07) is 0. The lowest BCUT2D eigenvalue weighted by molar-refractivity contribution is -0.190. The van der Waals surface area contributed by atoms with Crippen LogP contribution in [0.15, 0.2) is 12.3 Å². The third-order valence-electron chi connectivity index (χ3n) is 8.04. The van der Waals surface area contributed by atoms with Gasteiger partial charge in [0.1, 0.15) is 0 Å². The van der Waals surface area contributed by atoms with Crippen LogP contribution in [0.2, 0.25) is 0 Å². The molecular weight excluding hydrogens is 352 g/mol. The van der Waals surface area contributed by atoms with Crippen LogP contribution in [-0.2, 0) is 9.47 Å². The minimum Gasteiger partial charge on any atom is -0.513 e. The summed E-state index contributed by atoms with van der Waals surface area (Å²) in [5.41, 5.74) is 0. The molecule has 0 aromatic carbocycles. The zero-order valence-corrected chi connectivity index (χ0v) is 18.2. The van der Waals surface area contributed by atoms with Gasteiger partial charge in [0, 0.05) is 12.3 Å². The summed E-state index contributed by atoms with van der Waals surface area (Å²) >= 11 is 0. The molecule has 1 heterocycles. The van der Waals surface area contributed by atoms with Crippen LogP contribution in [0.5, 0.6) is 0 Å². The zero-order valence-electron chi connectivity index (χ0n) is 18.2. The highest BCUT2D eigenvalue weighted by Gasteiger charge is 2.43. The quantitative estimate of drug-likeness (QED) is 0.464. The largest absolute Gasteiger partial charge is 0.513 e. The Kier molecular flexibility index (Phi) is 7.86. The van der Waals surface area contributed by atoms with Crippen molar-refractivity contribution >= 4 is 0 Å². The van der Waals surface area contributed by atoms with Crippen molar-refractivity contribution in [3.63, 3.8) is 0 Å². The number of ether oxygens (including phenoxy) is 2. The van der Waals surface area contributed by atoms with E-state index in [0.717, 1.165) is 50.5 Å². The first-order chi connectivity index (χ1) is 13.3. The lowest BCUT2D eigenvalue weighted by atomic mass is 9.62. The van der Waals surface area contributed by atoms with Crippen LogP contribution in [0.4, 0.5) is 0 Å². The fourth-order valence-electron chi connectivity index (χ4n) is 6.15. The summed E-state index contributed by atoms with van der Waals surface area (Å²) in [5, 5.41) is 20.3. The van der Waals surface area contributed by atoms with Crippen molar-refractivity contribution in [1.29, 1.82) is 0 Å². The third kappa shape index (κ3) is 5.52. The van der Waals surface area contributed by atoms with Gasteiger partial charge in [-0.1, -0.05) is 26.8 Å². The number of rotatable bonds is 6. The molecule has 28 heavy (non-hydrogen) atoms. The SMILES string of the molecule is C=C(O)CC1CCC(OC(O)[C@H](C)[C@@H]2CC[C@@H](C)[C@@H]3CCC(C)OCC32)CC1. The van der Waals surface area contributed by atoms with E-state index in [0.29, 0.717) is 36.0 Å². The Morgan fingerprint density at radius 1 is 1.04 bits per heavy atom. The molecule has 0 aromatic rings. The van der Waals surface area contributed by atoms with Crippen LogP contribution in [0.25, 0.3) is 0 Å². The first-order valence-corrected chi connectivity index (χ1v) is 11.7. The van der Waals surface area contributed by atoms with Crippen molar-refractivity contribution in [2.75, 3.05) is 6.61 Å². The van der Waals surface area contributed by atoms with Crippen LogP contribution in [-0.4, -0.2) is 35.3 Å². The topological polar surface area (TPSA) is 58.9 Å². The Morgan fingerprint density at radius 3 is 2.43 bits per heavy atom. The lowest BCUT2D eigenvalue weighted by Crippen LogP contribution is -2.43. The Bertz CT molecular complexity index is 499. The Labute approximate surface area is 171 Å². The molecule has 162 valence electrons. The molecule has 3 unspecified atom stereocenters. The Hall–Kier alpha value is -0.580. The van der Waals surface area contributed by atoms with E-state index in [1.165, 1.54) is 19.3 Å². The zero-order chi connectivity index (χ0) is 20.3. The highest BCUT2D eigenvalue weighted by molar-refractivity contribution is 4.91. The maximum Gasteiger partial charge on any atom is 0.157 e. The minimum atomic E-state index is -0.686. The van der Waals surface area contributed by atoms with Crippen molar-refractivity contribution in [3.8, 4) is 0 Å². The van der Waals surface area contributed by atoms with Gasteiger partial charge in [-0.3, -0.25) is 0 Å². The fourth-order valence-corrected chi connectivity index (χ4v) is 6.15. The van der Waals surface area contributed by atoms with Gasteiger partial charge < -0.3 is 19.7 Å². The van der Waals surface area contributed by atoms with E-state index in [9.17, 15) is 10.2 Å².